The predicted octanol–water partition coefficient (Wildman–Crippen LogP) is 7.46. The largest absolute Gasteiger partial charge is 0.418 e. The van der Waals surface area contributed by atoms with E-state index in [4.69, 9.17) is 9.47 Å². The molecule has 36 heavy (non-hydrogen) atoms. The third-order valence-corrected chi connectivity index (χ3v) is 5.80. The van der Waals surface area contributed by atoms with Gasteiger partial charge in [-0.15, -0.1) is 0 Å². The number of carbonyl (C=O) groups excluding carboxylic acids is 2. The molecule has 0 bridgehead atoms. The first-order valence-corrected chi connectivity index (χ1v) is 11.8. The van der Waals surface area contributed by atoms with Gasteiger partial charge >= 0.3 is 11.9 Å². The van der Waals surface area contributed by atoms with E-state index in [0.29, 0.717) is 22.3 Å². The second-order valence-corrected chi connectivity index (χ2v) is 8.90. The van der Waals surface area contributed by atoms with Crippen molar-refractivity contribution in [3.63, 3.8) is 0 Å². The Morgan fingerprint density at radius 1 is 0.389 bits per heavy atom. The topological polar surface area (TPSA) is 52.6 Å². The average Bonchev–Trinajstić information content (AvgIpc) is 2.88. The molecule has 0 spiro atoms. The SMILES string of the molecule is Cc1ccc(C(=O)OC(=C(OC(=O)c2ccc(C)cc2)c2ccc(C)cc2)c2ccc(C)cc2)cc1. The molecule has 0 radical (unpaired) electrons. The van der Waals surface area contributed by atoms with Gasteiger partial charge in [0.2, 0.25) is 0 Å². The van der Waals surface area contributed by atoms with E-state index in [1.807, 2.05) is 100 Å². The van der Waals surface area contributed by atoms with Crippen LogP contribution in [0.1, 0.15) is 54.1 Å². The number of rotatable bonds is 6. The highest BCUT2D eigenvalue weighted by Crippen LogP contribution is 2.31. The van der Waals surface area contributed by atoms with Gasteiger partial charge in [0.15, 0.2) is 11.5 Å². The van der Waals surface area contributed by atoms with Crippen LogP contribution < -0.4 is 0 Å². The Labute approximate surface area is 211 Å². The van der Waals surface area contributed by atoms with Gasteiger partial charge in [-0.25, -0.2) is 9.59 Å². The van der Waals surface area contributed by atoms with Gasteiger partial charge in [0, 0.05) is 11.1 Å². The van der Waals surface area contributed by atoms with Crippen molar-refractivity contribution in [2.24, 2.45) is 0 Å². The normalized spacial score (nSPS) is 11.4. The Bertz CT molecular complexity index is 1280. The summed E-state index contributed by atoms with van der Waals surface area (Å²) in [6.07, 6.45) is 0. The van der Waals surface area contributed by atoms with E-state index in [0.717, 1.165) is 22.3 Å². The molecule has 4 rings (SSSR count). The van der Waals surface area contributed by atoms with E-state index in [1.165, 1.54) is 0 Å². The summed E-state index contributed by atoms with van der Waals surface area (Å²) in [6, 6.07) is 29.3. The molecule has 0 saturated carbocycles. The van der Waals surface area contributed by atoms with Crippen molar-refractivity contribution < 1.29 is 19.1 Å². The van der Waals surface area contributed by atoms with Gasteiger partial charge in [0.1, 0.15) is 0 Å². The summed E-state index contributed by atoms with van der Waals surface area (Å²) in [4.78, 5) is 26.4. The monoisotopic (exact) mass is 476 g/mol. The molecule has 0 fully saturated rings. The summed E-state index contributed by atoms with van der Waals surface area (Å²) in [5, 5.41) is 0. The third-order valence-electron chi connectivity index (χ3n) is 5.80. The van der Waals surface area contributed by atoms with Gasteiger partial charge < -0.3 is 9.47 Å². The van der Waals surface area contributed by atoms with Gasteiger partial charge in [0.05, 0.1) is 11.1 Å². The molecule has 0 aliphatic rings. The summed E-state index contributed by atoms with van der Waals surface area (Å²) in [5.41, 5.74) is 6.22. The lowest BCUT2D eigenvalue weighted by Gasteiger charge is -2.17. The van der Waals surface area contributed by atoms with E-state index in [-0.39, 0.29) is 11.5 Å². The van der Waals surface area contributed by atoms with Crippen molar-refractivity contribution in [3.8, 4) is 0 Å². The summed E-state index contributed by atoms with van der Waals surface area (Å²) < 4.78 is 11.9. The summed E-state index contributed by atoms with van der Waals surface area (Å²) in [5.74, 6) is -0.738. The summed E-state index contributed by atoms with van der Waals surface area (Å²) in [7, 11) is 0. The van der Waals surface area contributed by atoms with Crippen molar-refractivity contribution >= 4 is 23.5 Å². The molecule has 0 aliphatic heterocycles. The predicted molar refractivity (Wildman–Crippen MR) is 142 cm³/mol. The maximum atomic E-state index is 13.2. The van der Waals surface area contributed by atoms with Crippen LogP contribution in [0.25, 0.3) is 11.5 Å². The lowest BCUT2D eigenvalue weighted by Crippen LogP contribution is -2.11. The minimum absolute atomic E-state index is 0.171. The molecule has 0 saturated heterocycles. The van der Waals surface area contributed by atoms with E-state index in [2.05, 4.69) is 0 Å². The maximum Gasteiger partial charge on any atom is 0.343 e. The first-order valence-electron chi connectivity index (χ1n) is 11.8. The van der Waals surface area contributed by atoms with Crippen LogP contribution in [0.4, 0.5) is 0 Å². The van der Waals surface area contributed by atoms with Crippen molar-refractivity contribution in [2.75, 3.05) is 0 Å². The molecular weight excluding hydrogens is 448 g/mol. The molecular formula is C32H28O4. The van der Waals surface area contributed by atoms with E-state index >= 15 is 0 Å². The van der Waals surface area contributed by atoms with Crippen LogP contribution in [0.15, 0.2) is 97.1 Å². The zero-order chi connectivity index (χ0) is 25.7. The van der Waals surface area contributed by atoms with Crippen LogP contribution >= 0.6 is 0 Å². The van der Waals surface area contributed by atoms with Crippen LogP contribution in [-0.2, 0) is 9.47 Å². The number of hydrogen-bond donors (Lipinski definition) is 0. The number of hydrogen-bond acceptors (Lipinski definition) is 4. The van der Waals surface area contributed by atoms with Gasteiger partial charge in [-0.2, -0.15) is 0 Å². The molecule has 0 atom stereocenters. The second kappa shape index (κ2) is 10.9. The molecule has 0 aromatic heterocycles. The van der Waals surface area contributed by atoms with Crippen LogP contribution in [0.2, 0.25) is 0 Å². The van der Waals surface area contributed by atoms with Gasteiger partial charge in [-0.3, -0.25) is 0 Å². The first-order chi connectivity index (χ1) is 17.3. The lowest BCUT2D eigenvalue weighted by molar-refractivity contribution is 0.0646. The minimum Gasteiger partial charge on any atom is -0.418 e. The van der Waals surface area contributed by atoms with Crippen LogP contribution in [0, 0.1) is 27.7 Å². The first kappa shape index (κ1) is 24.7. The molecule has 0 unspecified atom stereocenters. The van der Waals surface area contributed by atoms with Crippen LogP contribution in [0.5, 0.6) is 0 Å². The van der Waals surface area contributed by atoms with Gasteiger partial charge in [-0.1, -0.05) is 95.1 Å². The fourth-order valence-corrected chi connectivity index (χ4v) is 3.57. The highest BCUT2D eigenvalue weighted by atomic mass is 16.6. The lowest BCUT2D eigenvalue weighted by atomic mass is 10.0. The molecule has 0 heterocycles. The third kappa shape index (κ3) is 5.97. The Kier molecular flexibility index (Phi) is 7.45. The van der Waals surface area contributed by atoms with Crippen molar-refractivity contribution in [2.45, 2.75) is 27.7 Å². The Morgan fingerprint density at radius 3 is 0.861 bits per heavy atom. The number of ether oxygens (including phenoxy) is 2. The Hall–Kier alpha value is -4.44. The van der Waals surface area contributed by atoms with E-state index < -0.39 is 11.9 Å². The van der Waals surface area contributed by atoms with Crippen molar-refractivity contribution in [1.82, 2.24) is 0 Å². The number of carbonyl (C=O) groups is 2. The quantitative estimate of drug-likeness (QED) is 0.165. The second-order valence-electron chi connectivity index (χ2n) is 8.90. The summed E-state index contributed by atoms with van der Waals surface area (Å²) >= 11 is 0. The molecule has 4 nitrogen and oxygen atoms in total. The summed E-state index contributed by atoms with van der Waals surface area (Å²) in [6.45, 7) is 7.85. The fourth-order valence-electron chi connectivity index (χ4n) is 3.57. The molecule has 4 aromatic carbocycles. The average molecular weight is 477 g/mol. The molecule has 0 amide bonds. The molecule has 0 N–H and O–H groups in total. The van der Waals surface area contributed by atoms with E-state index in [1.54, 1.807) is 24.3 Å². The zero-order valence-corrected chi connectivity index (χ0v) is 20.9. The Morgan fingerprint density at radius 2 is 0.611 bits per heavy atom. The minimum atomic E-state index is -0.540. The molecule has 4 heteroatoms. The molecule has 4 aromatic rings. The van der Waals surface area contributed by atoms with E-state index in [9.17, 15) is 9.59 Å². The smallest absolute Gasteiger partial charge is 0.343 e. The molecule has 180 valence electrons. The van der Waals surface area contributed by atoms with Crippen LogP contribution in [-0.4, -0.2) is 11.9 Å². The van der Waals surface area contributed by atoms with Crippen molar-refractivity contribution in [1.29, 1.82) is 0 Å². The van der Waals surface area contributed by atoms with Gasteiger partial charge in [0.25, 0.3) is 0 Å². The highest BCUT2D eigenvalue weighted by molar-refractivity contribution is 6.00. The fraction of sp³-hybridized carbons (Fsp3) is 0.125. The number of aryl methyl sites for hydroxylation is 4. The maximum absolute atomic E-state index is 13.2. The van der Waals surface area contributed by atoms with Crippen LogP contribution in [0.3, 0.4) is 0 Å². The standard InChI is InChI=1S/C32H28O4/c1-21-5-13-25(14-6-21)29(35-31(33)27-17-9-23(3)10-18-27)30(26-15-7-22(2)8-16-26)36-32(34)28-19-11-24(4)12-20-28/h5-20H,1-4H3. The number of esters is 2. The van der Waals surface area contributed by atoms with Crippen molar-refractivity contribution in [3.05, 3.63) is 142 Å². The van der Waals surface area contributed by atoms with Gasteiger partial charge in [-0.05, 0) is 52.0 Å². The molecule has 0 aliphatic carbocycles. The zero-order valence-electron chi connectivity index (χ0n) is 20.9. The number of benzene rings is 4. The highest BCUT2D eigenvalue weighted by Gasteiger charge is 2.23. The Balaban J connectivity index is 1.85.